The van der Waals surface area contributed by atoms with Crippen molar-refractivity contribution in [2.75, 3.05) is 10.6 Å². The van der Waals surface area contributed by atoms with Crippen LogP contribution in [0.25, 0.3) is 0 Å². The summed E-state index contributed by atoms with van der Waals surface area (Å²) in [4.78, 5) is 25.0. The van der Waals surface area contributed by atoms with Crippen molar-refractivity contribution in [3.8, 4) is 0 Å². The maximum atomic E-state index is 13.1. The van der Waals surface area contributed by atoms with Gasteiger partial charge >= 0.3 is 5.97 Å². The van der Waals surface area contributed by atoms with E-state index in [2.05, 4.69) is 28.6 Å². The minimum absolute atomic E-state index is 0.145. The number of thiol groups is 1. The van der Waals surface area contributed by atoms with E-state index in [9.17, 15) is 14.7 Å². The highest BCUT2D eigenvalue weighted by Gasteiger charge is 2.29. The molecule has 0 aliphatic rings. The summed E-state index contributed by atoms with van der Waals surface area (Å²) in [5.41, 5.74) is 4.11. The molecular weight excluding hydrogens is 496 g/mol. The van der Waals surface area contributed by atoms with Gasteiger partial charge in [0.25, 0.3) is 5.91 Å². The Morgan fingerprint density at radius 2 is 1.39 bits per heavy atom. The Morgan fingerprint density at radius 1 is 0.789 bits per heavy atom. The molecule has 0 aliphatic heterocycles. The SMILES string of the molecule is N=C(NCc1ccccc1)Nc1ccc(C(=O)Nc2ccccc2C(c2ccccc2)[C@H](S)C(=O)O)cc1. The molecule has 192 valence electrons. The summed E-state index contributed by atoms with van der Waals surface area (Å²) in [5.74, 6) is -1.81. The van der Waals surface area contributed by atoms with E-state index in [-0.39, 0.29) is 11.9 Å². The lowest BCUT2D eigenvalue weighted by Crippen LogP contribution is -2.29. The number of nitrogens with one attached hydrogen (secondary N) is 4. The molecular formula is C30H28N4O3S. The van der Waals surface area contributed by atoms with Gasteiger partial charge in [0.15, 0.2) is 5.96 Å². The average molecular weight is 525 g/mol. The molecule has 0 aromatic heterocycles. The summed E-state index contributed by atoms with van der Waals surface area (Å²) < 4.78 is 0. The highest BCUT2D eigenvalue weighted by atomic mass is 32.1. The molecule has 0 radical (unpaired) electrons. The lowest BCUT2D eigenvalue weighted by atomic mass is 9.87. The number of para-hydroxylation sites is 1. The molecule has 38 heavy (non-hydrogen) atoms. The van der Waals surface area contributed by atoms with Crippen LogP contribution in [0, 0.1) is 5.41 Å². The van der Waals surface area contributed by atoms with E-state index in [1.54, 1.807) is 42.5 Å². The summed E-state index contributed by atoms with van der Waals surface area (Å²) in [5, 5.41) is 25.7. The molecule has 0 bridgehead atoms. The van der Waals surface area contributed by atoms with Crippen molar-refractivity contribution < 1.29 is 14.7 Å². The van der Waals surface area contributed by atoms with Gasteiger partial charge in [-0.05, 0) is 47.0 Å². The third kappa shape index (κ3) is 6.80. The Bertz CT molecular complexity index is 1400. The Kier molecular flexibility index (Phi) is 8.79. The first-order chi connectivity index (χ1) is 18.4. The number of hydrogen-bond donors (Lipinski definition) is 6. The van der Waals surface area contributed by atoms with Crippen molar-refractivity contribution >= 4 is 41.8 Å². The molecule has 0 spiro atoms. The fourth-order valence-electron chi connectivity index (χ4n) is 4.09. The zero-order valence-corrected chi connectivity index (χ0v) is 21.4. The largest absolute Gasteiger partial charge is 0.480 e. The van der Waals surface area contributed by atoms with Crippen LogP contribution < -0.4 is 16.0 Å². The predicted octanol–water partition coefficient (Wildman–Crippen LogP) is 5.59. The second kappa shape index (κ2) is 12.6. The van der Waals surface area contributed by atoms with Gasteiger partial charge < -0.3 is 21.1 Å². The summed E-state index contributed by atoms with van der Waals surface area (Å²) in [7, 11) is 0. The second-order valence-electron chi connectivity index (χ2n) is 8.63. The molecule has 1 unspecified atom stereocenters. The van der Waals surface area contributed by atoms with Crippen LogP contribution in [0.15, 0.2) is 109 Å². The lowest BCUT2D eigenvalue weighted by Gasteiger charge is -2.24. The van der Waals surface area contributed by atoms with Crippen LogP contribution in [0.2, 0.25) is 0 Å². The molecule has 7 nitrogen and oxygen atoms in total. The van der Waals surface area contributed by atoms with E-state index in [1.165, 1.54) is 0 Å². The minimum atomic E-state index is -1.05. The molecule has 1 amide bonds. The van der Waals surface area contributed by atoms with Gasteiger partial charge in [-0.1, -0.05) is 78.9 Å². The summed E-state index contributed by atoms with van der Waals surface area (Å²) in [6.07, 6.45) is 0. The van der Waals surface area contributed by atoms with Crippen LogP contribution in [0.1, 0.15) is 33.0 Å². The number of carboxylic acid groups (broad SMARTS) is 1. The molecule has 8 heteroatoms. The smallest absolute Gasteiger partial charge is 0.317 e. The lowest BCUT2D eigenvalue weighted by molar-refractivity contribution is -0.136. The quantitative estimate of drug-likeness (QED) is 0.0971. The maximum Gasteiger partial charge on any atom is 0.317 e. The molecule has 0 saturated heterocycles. The topological polar surface area (TPSA) is 114 Å². The van der Waals surface area contributed by atoms with Gasteiger partial charge in [-0.3, -0.25) is 15.0 Å². The Balaban J connectivity index is 1.46. The van der Waals surface area contributed by atoms with Crippen molar-refractivity contribution in [2.24, 2.45) is 0 Å². The Labute approximate surface area is 226 Å². The van der Waals surface area contributed by atoms with Crippen molar-refractivity contribution in [1.82, 2.24) is 5.32 Å². The second-order valence-corrected chi connectivity index (χ2v) is 9.19. The standard InChI is InChI=1S/C30H28N4O3S/c31-30(32-19-20-9-3-1-4-10-20)33-23-17-15-22(16-18-23)28(35)34-25-14-8-7-13-24(25)26(27(38)29(36)37)21-11-5-2-6-12-21/h1-18,26-27,38H,19H2,(H,34,35)(H,36,37)(H3,31,32,33)/t26?,27-/m0/s1. The van der Waals surface area contributed by atoms with Crippen LogP contribution in [-0.2, 0) is 11.3 Å². The number of amides is 1. The highest BCUT2D eigenvalue weighted by molar-refractivity contribution is 7.81. The van der Waals surface area contributed by atoms with Crippen LogP contribution in [-0.4, -0.2) is 28.2 Å². The fraction of sp³-hybridized carbons (Fsp3) is 0.100. The molecule has 0 saturated carbocycles. The van der Waals surface area contributed by atoms with Crippen LogP contribution in [0.4, 0.5) is 11.4 Å². The molecule has 4 aromatic rings. The van der Waals surface area contributed by atoms with Gasteiger partial charge in [-0.25, -0.2) is 0 Å². The van der Waals surface area contributed by atoms with Crippen LogP contribution in [0.3, 0.4) is 0 Å². The molecule has 0 heterocycles. The van der Waals surface area contributed by atoms with Crippen molar-refractivity contribution in [3.63, 3.8) is 0 Å². The van der Waals surface area contributed by atoms with Crippen molar-refractivity contribution in [2.45, 2.75) is 17.7 Å². The van der Waals surface area contributed by atoms with Gasteiger partial charge in [0.05, 0.1) is 0 Å². The monoisotopic (exact) mass is 524 g/mol. The number of anilines is 2. The zero-order valence-electron chi connectivity index (χ0n) is 20.5. The third-order valence-corrected chi connectivity index (χ3v) is 6.52. The van der Waals surface area contributed by atoms with Gasteiger partial charge in [-0.15, -0.1) is 0 Å². The van der Waals surface area contributed by atoms with Crippen LogP contribution in [0.5, 0.6) is 0 Å². The number of carbonyl (C=O) groups excluding carboxylic acids is 1. The van der Waals surface area contributed by atoms with Gasteiger partial charge in [0.1, 0.15) is 5.25 Å². The first kappa shape index (κ1) is 26.5. The molecule has 4 aromatic carbocycles. The Morgan fingerprint density at radius 3 is 2.05 bits per heavy atom. The van der Waals surface area contributed by atoms with E-state index in [0.717, 1.165) is 11.1 Å². The van der Waals surface area contributed by atoms with Gasteiger partial charge in [0, 0.05) is 29.4 Å². The Hall–Kier alpha value is -4.56. The first-order valence-corrected chi connectivity index (χ1v) is 12.5. The van der Waals surface area contributed by atoms with E-state index < -0.39 is 17.1 Å². The molecule has 0 aliphatic carbocycles. The number of carbonyl (C=O) groups is 2. The van der Waals surface area contributed by atoms with E-state index in [0.29, 0.717) is 29.0 Å². The number of hydrogen-bond acceptors (Lipinski definition) is 4. The number of aliphatic carboxylic acids is 1. The zero-order chi connectivity index (χ0) is 26.9. The molecule has 4 rings (SSSR count). The third-order valence-electron chi connectivity index (χ3n) is 6.00. The normalized spacial score (nSPS) is 12.1. The molecule has 5 N–H and O–H groups in total. The minimum Gasteiger partial charge on any atom is -0.480 e. The summed E-state index contributed by atoms with van der Waals surface area (Å²) >= 11 is 4.38. The first-order valence-electron chi connectivity index (χ1n) is 12.0. The van der Waals surface area contributed by atoms with E-state index >= 15 is 0 Å². The summed E-state index contributed by atoms with van der Waals surface area (Å²) in [6.45, 7) is 0.519. The highest BCUT2D eigenvalue weighted by Crippen LogP contribution is 2.35. The number of rotatable bonds is 9. The van der Waals surface area contributed by atoms with Gasteiger partial charge in [0.2, 0.25) is 0 Å². The summed E-state index contributed by atoms with van der Waals surface area (Å²) in [6, 6.07) is 33.0. The number of carboxylic acids is 1. The maximum absolute atomic E-state index is 13.1. The van der Waals surface area contributed by atoms with Crippen molar-refractivity contribution in [1.29, 1.82) is 5.41 Å². The predicted molar refractivity (Wildman–Crippen MR) is 154 cm³/mol. The fourth-order valence-corrected chi connectivity index (χ4v) is 4.42. The van der Waals surface area contributed by atoms with Crippen LogP contribution >= 0.6 is 12.6 Å². The number of benzene rings is 4. The molecule has 2 atom stereocenters. The van der Waals surface area contributed by atoms with Crippen molar-refractivity contribution in [3.05, 3.63) is 131 Å². The number of guanidine groups is 1. The molecule has 0 fully saturated rings. The van der Waals surface area contributed by atoms with E-state index in [1.807, 2.05) is 66.7 Å². The van der Waals surface area contributed by atoms with Gasteiger partial charge in [-0.2, -0.15) is 12.6 Å². The van der Waals surface area contributed by atoms with E-state index in [4.69, 9.17) is 5.41 Å². The average Bonchev–Trinajstić information content (AvgIpc) is 2.94.